The number of anilines is 1. The molecule has 0 aliphatic carbocycles. The number of benzene rings is 2. The fourth-order valence-electron chi connectivity index (χ4n) is 5.03. The number of pyridine rings is 1. The normalized spacial score (nSPS) is 19.5. The monoisotopic (exact) mass is 440 g/mol. The van der Waals surface area contributed by atoms with E-state index in [4.69, 9.17) is 16.1 Å². The number of halogens is 1. The van der Waals surface area contributed by atoms with Crippen LogP contribution in [0, 0.1) is 18.2 Å². The second kappa shape index (κ2) is 7.39. The molecule has 1 N–H and O–H groups in total. The second-order valence-electron chi connectivity index (χ2n) is 8.54. The average Bonchev–Trinajstić information content (AvgIpc) is 3.47. The first-order valence-corrected chi connectivity index (χ1v) is 11.0. The lowest BCUT2D eigenvalue weighted by molar-refractivity contribution is 0.0989. The number of morpholine rings is 1. The summed E-state index contributed by atoms with van der Waals surface area (Å²) < 4.78 is 21.8. The second-order valence-corrected chi connectivity index (χ2v) is 8.54. The first-order valence-electron chi connectivity index (χ1n) is 11.0. The minimum atomic E-state index is -0.551. The molecular weight excluding hydrogens is 419 g/mol. The van der Waals surface area contributed by atoms with E-state index in [2.05, 4.69) is 20.8 Å². The van der Waals surface area contributed by atoms with E-state index in [0.29, 0.717) is 52.0 Å². The van der Waals surface area contributed by atoms with Gasteiger partial charge in [0.1, 0.15) is 28.6 Å². The number of hydrogen-bond acceptors (Lipinski definition) is 6. The van der Waals surface area contributed by atoms with Crippen LogP contribution in [0.1, 0.15) is 24.7 Å². The minimum Gasteiger partial charge on any atom is -0.508 e. The van der Waals surface area contributed by atoms with Crippen LogP contribution in [0.3, 0.4) is 0 Å². The summed E-state index contributed by atoms with van der Waals surface area (Å²) >= 11 is 0. The van der Waals surface area contributed by atoms with Crippen molar-refractivity contribution in [3.63, 3.8) is 0 Å². The Morgan fingerprint density at radius 3 is 2.91 bits per heavy atom. The van der Waals surface area contributed by atoms with Crippen LogP contribution in [-0.4, -0.2) is 45.4 Å². The summed E-state index contributed by atoms with van der Waals surface area (Å²) in [6.07, 6.45) is 9.06. The molecule has 2 aromatic carbocycles. The molecule has 0 amide bonds. The summed E-state index contributed by atoms with van der Waals surface area (Å²) in [5.74, 6) is 3.40. The van der Waals surface area contributed by atoms with Gasteiger partial charge in [0.05, 0.1) is 24.1 Å². The van der Waals surface area contributed by atoms with Crippen LogP contribution >= 0.6 is 0 Å². The summed E-state index contributed by atoms with van der Waals surface area (Å²) in [5.41, 5.74) is 1.36. The predicted molar refractivity (Wildman–Crippen MR) is 125 cm³/mol. The number of aromatic nitrogens is 3. The van der Waals surface area contributed by atoms with Crippen molar-refractivity contribution in [3.05, 3.63) is 53.7 Å². The Morgan fingerprint density at radius 1 is 1.30 bits per heavy atom. The van der Waals surface area contributed by atoms with Gasteiger partial charge in [0.2, 0.25) is 0 Å². The summed E-state index contributed by atoms with van der Waals surface area (Å²) in [7, 11) is 0. The maximum atomic E-state index is 16.1. The molecule has 164 valence electrons. The van der Waals surface area contributed by atoms with Crippen molar-refractivity contribution in [2.75, 3.05) is 18.1 Å². The van der Waals surface area contributed by atoms with Crippen molar-refractivity contribution in [3.8, 4) is 29.4 Å². The molecule has 0 spiro atoms. The number of terminal acetylenes is 1. The third-order valence-corrected chi connectivity index (χ3v) is 6.57. The number of ether oxygens (including phenoxy) is 1. The van der Waals surface area contributed by atoms with Crippen LogP contribution in [0.4, 0.5) is 10.2 Å². The van der Waals surface area contributed by atoms with Crippen molar-refractivity contribution in [2.45, 2.75) is 31.9 Å². The van der Waals surface area contributed by atoms with Gasteiger partial charge in [-0.1, -0.05) is 25.0 Å². The third-order valence-electron chi connectivity index (χ3n) is 6.57. The molecule has 2 fully saturated rings. The zero-order valence-corrected chi connectivity index (χ0v) is 18.0. The lowest BCUT2D eigenvalue weighted by Gasteiger charge is -2.29. The molecule has 2 bridgehead atoms. The van der Waals surface area contributed by atoms with Gasteiger partial charge < -0.3 is 14.7 Å². The number of nitrogens with zero attached hydrogens (tertiary/aromatic N) is 4. The lowest BCUT2D eigenvalue weighted by atomic mass is 9.96. The largest absolute Gasteiger partial charge is 0.508 e. The number of fused-ring (bicyclic) bond motifs is 4. The molecule has 0 unspecified atom stereocenters. The molecule has 6 nitrogen and oxygen atoms in total. The van der Waals surface area contributed by atoms with Crippen LogP contribution in [-0.2, 0) is 11.2 Å². The smallest absolute Gasteiger partial charge is 0.175 e. The highest BCUT2D eigenvalue weighted by atomic mass is 19.1. The highest BCUT2D eigenvalue weighted by molar-refractivity contribution is 6.02. The fourth-order valence-corrected chi connectivity index (χ4v) is 5.03. The van der Waals surface area contributed by atoms with Crippen molar-refractivity contribution in [1.82, 2.24) is 15.0 Å². The van der Waals surface area contributed by atoms with Crippen LogP contribution in [0.2, 0.25) is 0 Å². The van der Waals surface area contributed by atoms with E-state index in [9.17, 15) is 5.11 Å². The van der Waals surface area contributed by atoms with Gasteiger partial charge in [0.15, 0.2) is 5.82 Å². The molecule has 2 saturated heterocycles. The predicted octanol–water partition coefficient (Wildman–Crippen LogP) is 4.21. The van der Waals surface area contributed by atoms with Crippen LogP contribution in [0.25, 0.3) is 32.9 Å². The van der Waals surface area contributed by atoms with E-state index < -0.39 is 5.82 Å². The summed E-state index contributed by atoms with van der Waals surface area (Å²) in [4.78, 5) is 16.0. The molecule has 33 heavy (non-hydrogen) atoms. The maximum Gasteiger partial charge on any atom is 0.175 e. The van der Waals surface area contributed by atoms with E-state index in [1.165, 1.54) is 6.07 Å². The van der Waals surface area contributed by atoms with Gasteiger partial charge in [-0.2, -0.15) is 0 Å². The van der Waals surface area contributed by atoms with Crippen molar-refractivity contribution >= 4 is 27.5 Å². The number of phenols is 1. The topological polar surface area (TPSA) is 71.4 Å². The average molecular weight is 440 g/mol. The number of rotatable bonds is 3. The first kappa shape index (κ1) is 19.9. The molecule has 6 rings (SSSR count). The van der Waals surface area contributed by atoms with Crippen LogP contribution < -0.4 is 4.90 Å². The highest BCUT2D eigenvalue weighted by Crippen LogP contribution is 2.39. The van der Waals surface area contributed by atoms with Crippen molar-refractivity contribution in [2.24, 2.45) is 0 Å². The molecule has 0 radical (unpaired) electrons. The standard InChI is InChI=1S/C26H21FN4O2/c1-3-14-6-5-7-15-8-17(32)10-19(22(14)15)24-23(27)25-20(11-28-24)26(30-21(4-2)29-25)31-12-18-9-16(31)13-33-18/h1,5-8,10-11,16,18,32H,4,9,12-13H2,2H3/t16-,18-/m1/s1. The number of hydrogen-bond donors (Lipinski definition) is 1. The maximum absolute atomic E-state index is 16.1. The van der Waals surface area contributed by atoms with Crippen LogP contribution in [0.15, 0.2) is 36.5 Å². The molecule has 4 heterocycles. The summed E-state index contributed by atoms with van der Waals surface area (Å²) in [5, 5.41) is 12.3. The number of phenolic OH excluding ortho intramolecular Hbond substituents is 1. The van der Waals surface area contributed by atoms with Crippen LogP contribution in [0.5, 0.6) is 5.75 Å². The third kappa shape index (κ3) is 3.02. The van der Waals surface area contributed by atoms with Gasteiger partial charge in [-0.15, -0.1) is 6.42 Å². The Hall–Kier alpha value is -3.76. The van der Waals surface area contributed by atoms with Crippen molar-refractivity contribution in [1.29, 1.82) is 0 Å². The SMILES string of the molecule is C#Cc1cccc2cc(O)cc(-c3ncc4c(N5C[C@H]6C[C@@H]5CO6)nc(CC)nc4c3F)c12. The molecule has 7 heteroatoms. The summed E-state index contributed by atoms with van der Waals surface area (Å²) in [6, 6.07) is 8.78. The van der Waals surface area contributed by atoms with E-state index in [1.54, 1.807) is 18.3 Å². The molecule has 2 aliphatic rings. The van der Waals surface area contributed by atoms with Gasteiger partial charge in [0, 0.05) is 35.7 Å². The quantitative estimate of drug-likeness (QED) is 0.481. The molecular formula is C26H21FN4O2. The Balaban J connectivity index is 1.61. The van der Waals surface area contributed by atoms with E-state index in [-0.39, 0.29) is 29.1 Å². The molecule has 2 atom stereocenters. The van der Waals surface area contributed by atoms with E-state index in [1.807, 2.05) is 19.1 Å². The minimum absolute atomic E-state index is 0.0127. The fraction of sp³-hybridized carbons (Fsp3) is 0.269. The Kier molecular flexibility index (Phi) is 4.46. The summed E-state index contributed by atoms with van der Waals surface area (Å²) in [6.45, 7) is 3.33. The zero-order chi connectivity index (χ0) is 22.7. The first-order chi connectivity index (χ1) is 16.1. The van der Waals surface area contributed by atoms with Gasteiger partial charge in [0.25, 0.3) is 0 Å². The lowest BCUT2D eigenvalue weighted by Crippen LogP contribution is -2.37. The Morgan fingerprint density at radius 2 is 2.18 bits per heavy atom. The highest BCUT2D eigenvalue weighted by Gasteiger charge is 2.40. The molecule has 0 saturated carbocycles. The number of aromatic hydroxyl groups is 1. The Bertz CT molecular complexity index is 1480. The van der Waals surface area contributed by atoms with E-state index >= 15 is 4.39 Å². The van der Waals surface area contributed by atoms with Gasteiger partial charge in [-0.25, -0.2) is 14.4 Å². The molecule has 2 aliphatic heterocycles. The Labute approximate surface area is 190 Å². The molecule has 2 aromatic heterocycles. The zero-order valence-electron chi connectivity index (χ0n) is 18.0. The van der Waals surface area contributed by atoms with Gasteiger partial charge in [-0.3, -0.25) is 4.98 Å². The number of aryl methyl sites for hydroxylation is 1. The molecule has 4 aromatic rings. The van der Waals surface area contributed by atoms with Crippen molar-refractivity contribution < 1.29 is 14.2 Å². The van der Waals surface area contributed by atoms with Gasteiger partial charge in [-0.05, 0) is 30.0 Å². The van der Waals surface area contributed by atoms with Gasteiger partial charge >= 0.3 is 0 Å². The van der Waals surface area contributed by atoms with E-state index in [0.717, 1.165) is 13.0 Å².